The Labute approximate surface area is 93.7 Å². The van der Waals surface area contributed by atoms with E-state index in [0.717, 1.165) is 6.08 Å². The normalized spacial score (nSPS) is 10.9. The molecule has 0 unspecified atom stereocenters. The summed E-state index contributed by atoms with van der Waals surface area (Å²) in [6.45, 7) is 1.80. The predicted molar refractivity (Wildman–Crippen MR) is 60.2 cm³/mol. The minimum Gasteiger partial charge on any atom is -0.460 e. The molecule has 0 amide bonds. The average molecular weight is 219 g/mol. The average Bonchev–Trinajstić information content (AvgIpc) is 2.30. The van der Waals surface area contributed by atoms with E-state index >= 15 is 0 Å². The number of nitrogens with two attached hydrogens (primary N) is 1. The maximum absolute atomic E-state index is 11.3. The van der Waals surface area contributed by atoms with E-state index in [-0.39, 0.29) is 12.3 Å². The molecule has 0 aliphatic rings. The van der Waals surface area contributed by atoms with Crippen LogP contribution in [0.3, 0.4) is 0 Å². The molecule has 1 aromatic rings. The first-order valence-corrected chi connectivity index (χ1v) is 4.88. The summed E-state index contributed by atoms with van der Waals surface area (Å²) in [5, 5.41) is 0. The number of rotatable bonds is 4. The summed E-state index contributed by atoms with van der Waals surface area (Å²) in [5.41, 5.74) is 6.61. The number of carbonyl (C=O) groups is 2. The lowest BCUT2D eigenvalue weighted by Crippen LogP contribution is -2.16. The Bertz CT molecular complexity index is 410. The molecule has 84 valence electrons. The van der Waals surface area contributed by atoms with E-state index in [2.05, 4.69) is 4.74 Å². The van der Waals surface area contributed by atoms with Crippen molar-refractivity contribution in [1.29, 1.82) is 0 Å². The van der Waals surface area contributed by atoms with Crippen molar-refractivity contribution in [3.63, 3.8) is 0 Å². The van der Waals surface area contributed by atoms with E-state index < -0.39 is 11.8 Å². The third-order valence-electron chi connectivity index (χ3n) is 1.87. The number of carbonyl (C=O) groups excluding carboxylic acids is 2. The van der Waals surface area contributed by atoms with Crippen molar-refractivity contribution in [3.05, 3.63) is 42.0 Å². The molecular weight excluding hydrogens is 206 g/mol. The van der Waals surface area contributed by atoms with Crippen molar-refractivity contribution in [2.45, 2.75) is 6.92 Å². The zero-order valence-corrected chi connectivity index (χ0v) is 8.97. The van der Waals surface area contributed by atoms with Gasteiger partial charge in [0.25, 0.3) is 5.78 Å². The minimum absolute atomic E-state index is 0.170. The minimum atomic E-state index is -0.888. The lowest BCUT2D eigenvalue weighted by molar-refractivity contribution is -0.151. The lowest BCUT2D eigenvalue weighted by Gasteiger charge is -2.01. The fraction of sp³-hybridized carbons (Fsp3) is 0.167. The van der Waals surface area contributed by atoms with Crippen LogP contribution in [0.4, 0.5) is 0 Å². The molecule has 0 spiro atoms. The molecule has 2 N–H and O–H groups in total. The maximum Gasteiger partial charge on any atom is 0.379 e. The van der Waals surface area contributed by atoms with Crippen molar-refractivity contribution in [2.24, 2.45) is 5.73 Å². The maximum atomic E-state index is 11.3. The van der Waals surface area contributed by atoms with E-state index in [9.17, 15) is 9.59 Å². The summed E-state index contributed by atoms with van der Waals surface area (Å²) in [4.78, 5) is 22.3. The van der Waals surface area contributed by atoms with Gasteiger partial charge in [-0.05, 0) is 12.5 Å². The van der Waals surface area contributed by atoms with Gasteiger partial charge in [0.15, 0.2) is 0 Å². The third-order valence-corrected chi connectivity index (χ3v) is 1.87. The Hall–Kier alpha value is -2.10. The van der Waals surface area contributed by atoms with Crippen molar-refractivity contribution in [2.75, 3.05) is 6.61 Å². The van der Waals surface area contributed by atoms with Crippen LogP contribution in [0.5, 0.6) is 0 Å². The van der Waals surface area contributed by atoms with Crippen LogP contribution < -0.4 is 5.73 Å². The summed E-state index contributed by atoms with van der Waals surface area (Å²) in [5.74, 6) is -1.63. The Morgan fingerprint density at radius 1 is 1.31 bits per heavy atom. The van der Waals surface area contributed by atoms with Gasteiger partial charge in [0.1, 0.15) is 0 Å². The highest BCUT2D eigenvalue weighted by atomic mass is 16.5. The molecule has 0 radical (unpaired) electrons. The Kier molecular flexibility index (Phi) is 4.27. The summed E-state index contributed by atoms with van der Waals surface area (Å²) in [6.07, 6.45) is 1.08. The zero-order chi connectivity index (χ0) is 12.0. The molecule has 1 rings (SSSR count). The van der Waals surface area contributed by atoms with Crippen LogP contribution in [0, 0.1) is 0 Å². The van der Waals surface area contributed by atoms with Crippen LogP contribution in [0.2, 0.25) is 0 Å². The molecule has 16 heavy (non-hydrogen) atoms. The highest BCUT2D eigenvalue weighted by Gasteiger charge is 2.12. The molecule has 0 saturated heterocycles. The first kappa shape index (κ1) is 12.0. The van der Waals surface area contributed by atoms with Gasteiger partial charge in [-0.25, -0.2) is 4.79 Å². The van der Waals surface area contributed by atoms with Gasteiger partial charge in [0.2, 0.25) is 0 Å². The number of hydrogen-bond donors (Lipinski definition) is 1. The molecule has 0 bridgehead atoms. The van der Waals surface area contributed by atoms with Gasteiger partial charge in [0.05, 0.1) is 6.61 Å². The van der Waals surface area contributed by atoms with Gasteiger partial charge >= 0.3 is 5.97 Å². The van der Waals surface area contributed by atoms with Crippen LogP contribution in [0.15, 0.2) is 36.4 Å². The second-order valence-electron chi connectivity index (χ2n) is 3.05. The second kappa shape index (κ2) is 5.70. The molecule has 1 aromatic carbocycles. The van der Waals surface area contributed by atoms with Crippen molar-refractivity contribution in [3.8, 4) is 0 Å². The van der Waals surface area contributed by atoms with Gasteiger partial charge in [-0.15, -0.1) is 0 Å². The lowest BCUT2D eigenvalue weighted by atomic mass is 10.1. The van der Waals surface area contributed by atoms with Gasteiger partial charge in [-0.3, -0.25) is 4.79 Å². The van der Waals surface area contributed by atoms with Gasteiger partial charge < -0.3 is 10.5 Å². The first-order chi connectivity index (χ1) is 7.65. The smallest absolute Gasteiger partial charge is 0.379 e. The largest absolute Gasteiger partial charge is 0.460 e. The number of ether oxygens (including phenoxy) is 1. The zero-order valence-electron chi connectivity index (χ0n) is 8.97. The predicted octanol–water partition coefficient (Wildman–Crippen LogP) is 1.12. The van der Waals surface area contributed by atoms with Crippen LogP contribution in [-0.2, 0) is 14.3 Å². The van der Waals surface area contributed by atoms with Gasteiger partial charge in [0, 0.05) is 11.8 Å². The van der Waals surface area contributed by atoms with Gasteiger partial charge in [-0.1, -0.05) is 30.3 Å². The van der Waals surface area contributed by atoms with Crippen LogP contribution in [0.25, 0.3) is 5.70 Å². The number of benzene rings is 1. The topological polar surface area (TPSA) is 69.4 Å². The van der Waals surface area contributed by atoms with Gasteiger partial charge in [-0.2, -0.15) is 0 Å². The Morgan fingerprint density at radius 2 is 1.94 bits per heavy atom. The van der Waals surface area contributed by atoms with E-state index in [4.69, 9.17) is 5.73 Å². The third kappa shape index (κ3) is 3.24. The quantitative estimate of drug-likeness (QED) is 0.468. The molecule has 0 atom stereocenters. The summed E-state index contributed by atoms with van der Waals surface area (Å²) < 4.78 is 4.55. The van der Waals surface area contributed by atoms with E-state index in [0.29, 0.717) is 5.56 Å². The van der Waals surface area contributed by atoms with Crippen molar-refractivity contribution >= 4 is 17.4 Å². The fourth-order valence-electron chi connectivity index (χ4n) is 1.12. The molecule has 0 aliphatic heterocycles. The molecular formula is C12H13NO3. The van der Waals surface area contributed by atoms with Crippen molar-refractivity contribution in [1.82, 2.24) is 0 Å². The Balaban J connectivity index is 2.78. The highest BCUT2D eigenvalue weighted by molar-refractivity contribution is 6.39. The fourth-order valence-corrected chi connectivity index (χ4v) is 1.12. The first-order valence-electron chi connectivity index (χ1n) is 4.88. The van der Waals surface area contributed by atoms with E-state index in [1.165, 1.54) is 0 Å². The molecule has 4 nitrogen and oxygen atoms in total. The summed E-state index contributed by atoms with van der Waals surface area (Å²) >= 11 is 0. The van der Waals surface area contributed by atoms with Crippen LogP contribution >= 0.6 is 0 Å². The molecule has 4 heteroatoms. The highest BCUT2D eigenvalue weighted by Crippen LogP contribution is 2.07. The summed E-state index contributed by atoms with van der Waals surface area (Å²) in [6, 6.07) is 8.94. The molecule has 0 aromatic heterocycles. The Morgan fingerprint density at radius 3 is 2.50 bits per heavy atom. The monoisotopic (exact) mass is 219 g/mol. The number of esters is 1. The number of hydrogen-bond acceptors (Lipinski definition) is 4. The van der Waals surface area contributed by atoms with E-state index in [1.54, 1.807) is 31.2 Å². The molecule has 0 fully saturated rings. The van der Waals surface area contributed by atoms with Crippen LogP contribution in [0.1, 0.15) is 12.5 Å². The second-order valence-corrected chi connectivity index (χ2v) is 3.05. The van der Waals surface area contributed by atoms with Crippen molar-refractivity contribution < 1.29 is 14.3 Å². The van der Waals surface area contributed by atoms with E-state index in [1.807, 2.05) is 6.07 Å². The molecule has 0 saturated carbocycles. The standard InChI is InChI=1S/C12H13NO3/c1-2-16-12(15)11(14)8-10(13)9-6-4-3-5-7-9/h3-8H,2,13H2,1H3. The molecule has 0 heterocycles. The SMILES string of the molecule is CCOC(=O)C(=O)C=C(N)c1ccccc1. The van der Waals surface area contributed by atoms with Crippen LogP contribution in [-0.4, -0.2) is 18.4 Å². The number of ketones is 1. The molecule has 0 aliphatic carbocycles. The summed E-state index contributed by atoms with van der Waals surface area (Å²) in [7, 11) is 0.